The number of nitrogens with zero attached hydrogens (tertiary/aromatic N) is 4. The number of nitriles is 1. The predicted molar refractivity (Wildman–Crippen MR) is 86.2 cm³/mol. The molecule has 0 aliphatic carbocycles. The van der Waals surface area contributed by atoms with Gasteiger partial charge in [0.15, 0.2) is 0 Å². The van der Waals surface area contributed by atoms with E-state index >= 15 is 0 Å². The lowest BCUT2D eigenvalue weighted by Crippen LogP contribution is -2.55. The van der Waals surface area contributed by atoms with Crippen LogP contribution in [0.2, 0.25) is 0 Å². The first-order chi connectivity index (χ1) is 11.5. The summed E-state index contributed by atoms with van der Waals surface area (Å²) in [5.41, 5.74) is 0.517. The van der Waals surface area contributed by atoms with Gasteiger partial charge in [0.2, 0.25) is 0 Å². The molecule has 0 bridgehead atoms. The van der Waals surface area contributed by atoms with Crippen molar-refractivity contribution >= 4 is 15.9 Å². The number of ether oxygens (including phenoxy) is 1. The Labute approximate surface area is 141 Å². The van der Waals surface area contributed by atoms with Gasteiger partial charge in [-0.15, -0.1) is 0 Å². The van der Waals surface area contributed by atoms with E-state index in [4.69, 9.17) is 10.00 Å². The topological polar surface area (TPSA) is 76.9 Å². The Morgan fingerprint density at radius 2 is 1.67 bits per heavy atom. The first-order valence-corrected chi connectivity index (χ1v) is 9.20. The van der Waals surface area contributed by atoms with Gasteiger partial charge in [-0.25, -0.2) is 4.39 Å². The zero-order valence-electron chi connectivity index (χ0n) is 13.2. The molecule has 2 saturated heterocycles. The van der Waals surface area contributed by atoms with Crippen LogP contribution in [0.5, 0.6) is 0 Å². The summed E-state index contributed by atoms with van der Waals surface area (Å²) in [5, 5.41) is 9.14. The van der Waals surface area contributed by atoms with Crippen LogP contribution in [0.4, 0.5) is 10.1 Å². The summed E-state index contributed by atoms with van der Waals surface area (Å²) in [6.45, 7) is 3.00. The van der Waals surface area contributed by atoms with E-state index in [9.17, 15) is 12.8 Å². The third-order valence-electron chi connectivity index (χ3n) is 4.31. The van der Waals surface area contributed by atoms with Gasteiger partial charge in [0.25, 0.3) is 10.2 Å². The van der Waals surface area contributed by atoms with E-state index in [1.54, 1.807) is 12.1 Å². The summed E-state index contributed by atoms with van der Waals surface area (Å²) in [6.07, 6.45) is 0. The second kappa shape index (κ2) is 7.03. The minimum atomic E-state index is -3.49. The van der Waals surface area contributed by atoms with Crippen LogP contribution >= 0.6 is 0 Å². The van der Waals surface area contributed by atoms with Gasteiger partial charge in [-0.1, -0.05) is 6.07 Å². The summed E-state index contributed by atoms with van der Waals surface area (Å²) in [5.74, 6) is -0.557. The molecule has 9 heteroatoms. The largest absolute Gasteiger partial charge is 0.379 e. The van der Waals surface area contributed by atoms with Crippen LogP contribution in [0, 0.1) is 17.1 Å². The molecule has 2 fully saturated rings. The van der Waals surface area contributed by atoms with Gasteiger partial charge < -0.3 is 9.64 Å². The number of benzene rings is 1. The molecule has 1 aromatic carbocycles. The van der Waals surface area contributed by atoms with Gasteiger partial charge in [-0.05, 0) is 12.1 Å². The first-order valence-electron chi connectivity index (χ1n) is 7.80. The van der Waals surface area contributed by atoms with Crippen LogP contribution in [0.15, 0.2) is 18.2 Å². The van der Waals surface area contributed by atoms with Crippen molar-refractivity contribution in [2.75, 3.05) is 57.4 Å². The molecule has 3 rings (SSSR count). The zero-order valence-corrected chi connectivity index (χ0v) is 14.0. The Morgan fingerprint density at radius 1 is 1.04 bits per heavy atom. The van der Waals surface area contributed by atoms with Gasteiger partial charge in [-0.3, -0.25) is 0 Å². The molecule has 0 radical (unpaired) electrons. The molecule has 2 aliphatic heterocycles. The SMILES string of the molecule is N#Cc1c(F)cccc1N1CCN(S(=O)(=O)N2CCOCC2)CC1. The van der Waals surface area contributed by atoms with Crippen molar-refractivity contribution in [2.45, 2.75) is 0 Å². The lowest BCUT2D eigenvalue weighted by atomic mass is 10.1. The summed E-state index contributed by atoms with van der Waals surface area (Å²) < 4.78 is 47.1. The smallest absolute Gasteiger partial charge is 0.282 e. The van der Waals surface area contributed by atoms with Gasteiger partial charge in [-0.2, -0.15) is 22.3 Å². The van der Waals surface area contributed by atoms with Crippen molar-refractivity contribution in [3.63, 3.8) is 0 Å². The number of hydrogen-bond acceptors (Lipinski definition) is 5. The minimum absolute atomic E-state index is 0.00184. The molecule has 2 heterocycles. The highest BCUT2D eigenvalue weighted by Gasteiger charge is 2.33. The fourth-order valence-corrected chi connectivity index (χ4v) is 4.55. The monoisotopic (exact) mass is 354 g/mol. The average molecular weight is 354 g/mol. The maximum Gasteiger partial charge on any atom is 0.282 e. The molecule has 0 N–H and O–H groups in total. The van der Waals surface area contributed by atoms with Crippen LogP contribution in [0.25, 0.3) is 0 Å². The van der Waals surface area contributed by atoms with Crippen LogP contribution < -0.4 is 4.90 Å². The molecule has 0 amide bonds. The number of piperazine rings is 1. The van der Waals surface area contributed by atoms with Gasteiger partial charge >= 0.3 is 0 Å². The average Bonchev–Trinajstić information content (AvgIpc) is 2.62. The van der Waals surface area contributed by atoms with Crippen molar-refractivity contribution in [3.05, 3.63) is 29.6 Å². The van der Waals surface area contributed by atoms with Crippen LogP contribution in [0.1, 0.15) is 5.56 Å². The molecule has 0 aromatic heterocycles. The third-order valence-corrected chi connectivity index (χ3v) is 6.34. The summed E-state index contributed by atoms with van der Waals surface area (Å²) in [7, 11) is -3.49. The van der Waals surface area contributed by atoms with E-state index < -0.39 is 16.0 Å². The highest BCUT2D eigenvalue weighted by Crippen LogP contribution is 2.24. The maximum absolute atomic E-state index is 13.7. The standard InChI is InChI=1S/C15H19FN4O3S/c16-14-2-1-3-15(13(14)12-17)18-4-6-19(7-5-18)24(21,22)20-8-10-23-11-9-20/h1-3H,4-11H2. The van der Waals surface area contributed by atoms with Crippen molar-refractivity contribution in [3.8, 4) is 6.07 Å². The van der Waals surface area contributed by atoms with Gasteiger partial charge in [0.05, 0.1) is 18.9 Å². The fraction of sp³-hybridized carbons (Fsp3) is 0.533. The van der Waals surface area contributed by atoms with E-state index in [2.05, 4.69) is 0 Å². The van der Waals surface area contributed by atoms with Crippen molar-refractivity contribution in [1.82, 2.24) is 8.61 Å². The number of anilines is 1. The van der Waals surface area contributed by atoms with Gasteiger partial charge in [0, 0.05) is 39.3 Å². The molecule has 7 nitrogen and oxygen atoms in total. The second-order valence-corrected chi connectivity index (χ2v) is 7.58. The Bertz CT molecular complexity index is 736. The molecule has 1 aromatic rings. The molecule has 0 saturated carbocycles. The number of rotatable bonds is 3. The van der Waals surface area contributed by atoms with Crippen molar-refractivity contribution < 1.29 is 17.5 Å². The van der Waals surface area contributed by atoms with Crippen molar-refractivity contribution in [1.29, 1.82) is 5.26 Å². The highest BCUT2D eigenvalue weighted by molar-refractivity contribution is 7.86. The lowest BCUT2D eigenvalue weighted by molar-refractivity contribution is 0.0700. The normalized spacial score (nSPS) is 20.8. The Hall–Kier alpha value is -1.73. The summed E-state index contributed by atoms with van der Waals surface area (Å²) in [4.78, 5) is 1.85. The molecule has 130 valence electrons. The number of hydrogen-bond donors (Lipinski definition) is 0. The van der Waals surface area contributed by atoms with E-state index in [1.165, 1.54) is 14.7 Å². The van der Waals surface area contributed by atoms with E-state index in [-0.39, 0.29) is 5.56 Å². The van der Waals surface area contributed by atoms with Gasteiger partial charge in [0.1, 0.15) is 17.4 Å². The molecule has 0 unspecified atom stereocenters. The first kappa shape index (κ1) is 17.1. The second-order valence-electron chi connectivity index (χ2n) is 5.65. The zero-order chi connectivity index (χ0) is 17.2. The minimum Gasteiger partial charge on any atom is -0.379 e. The van der Waals surface area contributed by atoms with Crippen LogP contribution in [0.3, 0.4) is 0 Å². The highest BCUT2D eigenvalue weighted by atomic mass is 32.2. The summed E-state index contributed by atoms with van der Waals surface area (Å²) in [6, 6.07) is 6.38. The van der Waals surface area contributed by atoms with Crippen LogP contribution in [-0.4, -0.2) is 69.5 Å². The Kier molecular flexibility index (Phi) is 5.01. The van der Waals surface area contributed by atoms with Crippen molar-refractivity contribution in [2.24, 2.45) is 0 Å². The molecule has 0 spiro atoms. The molecule has 0 atom stereocenters. The molecule has 2 aliphatic rings. The summed E-state index contributed by atoms with van der Waals surface area (Å²) >= 11 is 0. The molecular weight excluding hydrogens is 335 g/mol. The third kappa shape index (κ3) is 3.23. The molecular formula is C15H19FN4O3S. The van der Waals surface area contributed by atoms with Crippen LogP contribution in [-0.2, 0) is 14.9 Å². The number of halogens is 1. The fourth-order valence-electron chi connectivity index (χ4n) is 2.99. The van der Waals surface area contributed by atoms with E-state index in [0.29, 0.717) is 58.2 Å². The predicted octanol–water partition coefficient (Wildman–Crippen LogP) is 0.396. The molecule has 24 heavy (non-hydrogen) atoms. The Balaban J connectivity index is 1.70. The lowest BCUT2D eigenvalue weighted by Gasteiger charge is -2.38. The Morgan fingerprint density at radius 3 is 2.29 bits per heavy atom. The van der Waals surface area contributed by atoms with E-state index in [1.807, 2.05) is 11.0 Å². The quantitative estimate of drug-likeness (QED) is 0.785. The van der Waals surface area contributed by atoms with E-state index in [0.717, 1.165) is 0 Å². The number of morpholine rings is 1. The maximum atomic E-state index is 13.7.